The molecule has 2 nitrogen and oxygen atoms in total. The summed E-state index contributed by atoms with van der Waals surface area (Å²) in [4.78, 5) is 0. The van der Waals surface area contributed by atoms with Gasteiger partial charge in [0.05, 0.1) is 18.3 Å². The maximum Gasteiger partial charge on any atom is 0.0877 e. The summed E-state index contributed by atoms with van der Waals surface area (Å²) in [5, 5.41) is 0. The minimum absolute atomic E-state index is 0.212. The lowest BCUT2D eigenvalue weighted by molar-refractivity contribution is -0.165. The second-order valence-corrected chi connectivity index (χ2v) is 6.27. The predicted molar refractivity (Wildman–Crippen MR) is 74.5 cm³/mol. The highest BCUT2D eigenvalue weighted by molar-refractivity contribution is 9.10. The summed E-state index contributed by atoms with van der Waals surface area (Å²) < 4.78 is 13.2. The maximum absolute atomic E-state index is 6.08. The second kappa shape index (κ2) is 5.32. The number of benzene rings is 1. The van der Waals surface area contributed by atoms with Crippen LogP contribution in [0.2, 0.25) is 0 Å². The first-order chi connectivity index (χ1) is 8.74. The molecule has 2 aliphatic rings. The van der Waals surface area contributed by atoms with Crippen molar-refractivity contribution in [1.29, 1.82) is 0 Å². The first-order valence-corrected chi connectivity index (χ1v) is 7.56. The van der Waals surface area contributed by atoms with Crippen LogP contribution >= 0.6 is 15.9 Å². The Hall–Kier alpha value is -0.380. The van der Waals surface area contributed by atoms with Gasteiger partial charge in [-0.3, -0.25) is 0 Å². The highest BCUT2D eigenvalue weighted by atomic mass is 79.9. The van der Waals surface area contributed by atoms with Crippen molar-refractivity contribution in [2.45, 2.75) is 44.5 Å². The van der Waals surface area contributed by atoms with Crippen molar-refractivity contribution in [3.8, 4) is 0 Å². The summed E-state index contributed by atoms with van der Waals surface area (Å²) in [6.07, 6.45) is 4.42. The van der Waals surface area contributed by atoms with Crippen LogP contribution in [0.25, 0.3) is 0 Å². The summed E-state index contributed by atoms with van der Waals surface area (Å²) in [5.41, 5.74) is 1.28. The Morgan fingerprint density at radius 3 is 2.67 bits per heavy atom. The van der Waals surface area contributed by atoms with Gasteiger partial charge >= 0.3 is 0 Å². The molecule has 1 aromatic carbocycles. The molecule has 4 atom stereocenters. The molecule has 0 radical (unpaired) electrons. The fraction of sp³-hybridized carbons (Fsp3) is 0.600. The number of hydrogen-bond acceptors (Lipinski definition) is 2. The van der Waals surface area contributed by atoms with Crippen LogP contribution in [0.3, 0.4) is 0 Å². The molecule has 3 rings (SSSR count). The van der Waals surface area contributed by atoms with Gasteiger partial charge in [0.1, 0.15) is 0 Å². The monoisotopic (exact) mass is 310 g/mol. The quantitative estimate of drug-likeness (QED) is 0.777. The average Bonchev–Trinajstić information content (AvgIpc) is 2.38. The summed E-state index contributed by atoms with van der Waals surface area (Å²) in [6.45, 7) is 2.99. The fourth-order valence-corrected chi connectivity index (χ4v) is 3.40. The summed E-state index contributed by atoms with van der Waals surface area (Å²) in [6, 6.07) is 8.51. The zero-order chi connectivity index (χ0) is 12.5. The minimum Gasteiger partial charge on any atom is -0.375 e. The second-order valence-electron chi connectivity index (χ2n) is 5.36. The van der Waals surface area contributed by atoms with Crippen LogP contribution in [0.4, 0.5) is 0 Å². The van der Waals surface area contributed by atoms with E-state index in [4.69, 9.17) is 9.47 Å². The molecule has 2 fully saturated rings. The maximum atomic E-state index is 6.08. The van der Waals surface area contributed by atoms with Crippen molar-refractivity contribution in [2.75, 3.05) is 6.61 Å². The molecule has 0 N–H and O–H groups in total. The van der Waals surface area contributed by atoms with E-state index in [9.17, 15) is 0 Å². The van der Waals surface area contributed by atoms with Gasteiger partial charge in [-0.05, 0) is 43.9 Å². The van der Waals surface area contributed by atoms with E-state index in [0.717, 1.165) is 23.9 Å². The molecule has 1 aromatic rings. The van der Waals surface area contributed by atoms with Gasteiger partial charge in [-0.1, -0.05) is 28.1 Å². The molecule has 0 aliphatic carbocycles. The van der Waals surface area contributed by atoms with E-state index in [1.807, 2.05) is 0 Å². The van der Waals surface area contributed by atoms with E-state index in [0.29, 0.717) is 18.1 Å². The SMILES string of the molecule is C[C@@H]1CC[C@@H]2[C@H](CCO[C@H]2c2ccc(Br)cc2)O1. The summed E-state index contributed by atoms with van der Waals surface area (Å²) in [7, 11) is 0. The molecular formula is C15H19BrO2. The van der Waals surface area contributed by atoms with Gasteiger partial charge in [0.2, 0.25) is 0 Å². The topological polar surface area (TPSA) is 18.5 Å². The van der Waals surface area contributed by atoms with E-state index in [1.54, 1.807) is 0 Å². The van der Waals surface area contributed by atoms with Crippen LogP contribution < -0.4 is 0 Å². The fourth-order valence-electron chi connectivity index (χ4n) is 3.14. The van der Waals surface area contributed by atoms with Crippen LogP contribution in [0.1, 0.15) is 37.9 Å². The van der Waals surface area contributed by atoms with Crippen molar-refractivity contribution in [3.63, 3.8) is 0 Å². The van der Waals surface area contributed by atoms with Gasteiger partial charge in [0.25, 0.3) is 0 Å². The summed E-state index contributed by atoms with van der Waals surface area (Å²) in [5.74, 6) is 0.524. The largest absolute Gasteiger partial charge is 0.375 e. The Kier molecular flexibility index (Phi) is 3.73. The average molecular weight is 311 g/mol. The zero-order valence-electron chi connectivity index (χ0n) is 10.6. The Labute approximate surface area is 117 Å². The Balaban J connectivity index is 1.81. The molecule has 98 valence electrons. The van der Waals surface area contributed by atoms with Crippen molar-refractivity contribution in [2.24, 2.45) is 5.92 Å². The molecular weight excluding hydrogens is 292 g/mol. The Morgan fingerprint density at radius 1 is 1.11 bits per heavy atom. The van der Waals surface area contributed by atoms with Crippen LogP contribution in [0, 0.1) is 5.92 Å². The van der Waals surface area contributed by atoms with E-state index in [1.165, 1.54) is 12.0 Å². The van der Waals surface area contributed by atoms with E-state index in [2.05, 4.69) is 47.1 Å². The van der Waals surface area contributed by atoms with Crippen LogP contribution in [0.5, 0.6) is 0 Å². The van der Waals surface area contributed by atoms with Crippen molar-refractivity contribution < 1.29 is 9.47 Å². The molecule has 0 spiro atoms. The molecule has 2 heterocycles. The van der Waals surface area contributed by atoms with Gasteiger partial charge in [-0.15, -0.1) is 0 Å². The molecule has 2 aliphatic heterocycles. The van der Waals surface area contributed by atoms with Gasteiger partial charge in [0.15, 0.2) is 0 Å². The first-order valence-electron chi connectivity index (χ1n) is 6.76. The molecule has 2 saturated heterocycles. The zero-order valence-corrected chi connectivity index (χ0v) is 12.2. The van der Waals surface area contributed by atoms with Crippen molar-refractivity contribution in [3.05, 3.63) is 34.3 Å². The minimum atomic E-state index is 0.212. The lowest BCUT2D eigenvalue weighted by atomic mass is 9.81. The highest BCUT2D eigenvalue weighted by Crippen LogP contribution is 2.41. The molecule has 0 aromatic heterocycles. The van der Waals surface area contributed by atoms with Crippen molar-refractivity contribution in [1.82, 2.24) is 0 Å². The van der Waals surface area contributed by atoms with Crippen LogP contribution in [-0.4, -0.2) is 18.8 Å². The molecule has 0 bridgehead atoms. The molecule has 0 amide bonds. The number of halogens is 1. The molecule has 0 saturated carbocycles. The third-order valence-corrected chi connectivity index (χ3v) is 4.61. The number of fused-ring (bicyclic) bond motifs is 1. The number of hydrogen-bond donors (Lipinski definition) is 0. The third kappa shape index (κ3) is 2.49. The first kappa shape index (κ1) is 12.6. The predicted octanol–water partition coefficient (Wildman–Crippen LogP) is 4.09. The van der Waals surface area contributed by atoms with E-state index >= 15 is 0 Å². The van der Waals surface area contributed by atoms with Crippen molar-refractivity contribution >= 4 is 15.9 Å². The third-order valence-electron chi connectivity index (χ3n) is 4.08. The molecule has 18 heavy (non-hydrogen) atoms. The van der Waals surface area contributed by atoms with Gasteiger partial charge < -0.3 is 9.47 Å². The standard InChI is InChI=1S/C15H19BrO2/c1-10-2-7-13-14(18-10)8-9-17-15(13)11-3-5-12(16)6-4-11/h3-6,10,13-15H,2,7-9H2,1H3/t10-,13-,14+,15+/m1/s1. The molecule has 3 heteroatoms. The lowest BCUT2D eigenvalue weighted by Gasteiger charge is -2.43. The highest BCUT2D eigenvalue weighted by Gasteiger charge is 2.39. The molecule has 0 unspecified atom stereocenters. The van der Waals surface area contributed by atoms with Crippen LogP contribution in [0.15, 0.2) is 28.7 Å². The lowest BCUT2D eigenvalue weighted by Crippen LogP contribution is -2.42. The smallest absolute Gasteiger partial charge is 0.0877 e. The number of ether oxygens (including phenoxy) is 2. The Bertz CT molecular complexity index is 403. The van der Waals surface area contributed by atoms with E-state index < -0.39 is 0 Å². The van der Waals surface area contributed by atoms with E-state index in [-0.39, 0.29) is 6.10 Å². The van der Waals surface area contributed by atoms with Gasteiger partial charge in [-0.2, -0.15) is 0 Å². The number of rotatable bonds is 1. The Morgan fingerprint density at radius 2 is 1.89 bits per heavy atom. The van der Waals surface area contributed by atoms with Gasteiger partial charge in [0, 0.05) is 17.0 Å². The normalized spacial score (nSPS) is 36.1. The van der Waals surface area contributed by atoms with Gasteiger partial charge in [-0.25, -0.2) is 0 Å². The van der Waals surface area contributed by atoms with Crippen LogP contribution in [-0.2, 0) is 9.47 Å². The summed E-state index contributed by atoms with van der Waals surface area (Å²) >= 11 is 3.48.